The fourth-order valence-electron chi connectivity index (χ4n) is 1.32. The number of hydrogen-bond donors (Lipinski definition) is 1. The van der Waals surface area contributed by atoms with Crippen molar-refractivity contribution < 1.29 is 4.79 Å². The van der Waals surface area contributed by atoms with Crippen LogP contribution in [-0.2, 0) is 0 Å². The second-order valence-corrected chi connectivity index (χ2v) is 4.00. The summed E-state index contributed by atoms with van der Waals surface area (Å²) in [7, 11) is 3.46. The van der Waals surface area contributed by atoms with E-state index in [1.165, 1.54) is 16.0 Å². The zero-order valence-electron chi connectivity index (χ0n) is 10.0. The Morgan fingerprint density at radius 2 is 1.73 bits per heavy atom. The van der Waals surface area contributed by atoms with E-state index in [1.807, 2.05) is 19.1 Å². The van der Waals surface area contributed by atoms with Gasteiger partial charge in [-0.2, -0.15) is 0 Å². The van der Waals surface area contributed by atoms with E-state index in [1.54, 1.807) is 14.1 Å². The minimum Gasteiger partial charge on any atom is -0.331 e. The lowest BCUT2D eigenvalue weighted by Crippen LogP contribution is -2.27. The van der Waals surface area contributed by atoms with Crippen LogP contribution in [-0.4, -0.2) is 25.0 Å². The van der Waals surface area contributed by atoms with E-state index in [-0.39, 0.29) is 6.03 Å². The molecule has 3 nitrogen and oxygen atoms in total. The molecule has 1 aromatic carbocycles. The molecule has 0 unspecified atom stereocenters. The second-order valence-electron chi connectivity index (χ2n) is 4.00. The number of rotatable bonds is 1. The van der Waals surface area contributed by atoms with Gasteiger partial charge in [0.15, 0.2) is 0 Å². The molecule has 15 heavy (non-hydrogen) atoms. The Balaban J connectivity index is 2.97. The van der Waals surface area contributed by atoms with Gasteiger partial charge in [-0.15, -0.1) is 0 Å². The third kappa shape index (κ3) is 2.49. The summed E-state index contributed by atoms with van der Waals surface area (Å²) < 4.78 is 0. The van der Waals surface area contributed by atoms with Crippen LogP contribution in [0, 0.1) is 20.8 Å². The highest BCUT2D eigenvalue weighted by Gasteiger charge is 2.08. The van der Waals surface area contributed by atoms with Gasteiger partial charge in [-0.25, -0.2) is 4.79 Å². The van der Waals surface area contributed by atoms with Crippen molar-refractivity contribution in [1.29, 1.82) is 0 Å². The normalized spacial score (nSPS) is 9.93. The number of carbonyl (C=O) groups is 1. The molecule has 0 spiro atoms. The first-order chi connectivity index (χ1) is 6.93. The van der Waals surface area contributed by atoms with Crippen LogP contribution in [0.25, 0.3) is 0 Å². The topological polar surface area (TPSA) is 32.3 Å². The zero-order chi connectivity index (χ0) is 11.6. The lowest BCUT2D eigenvalue weighted by Gasteiger charge is -2.15. The number of aryl methyl sites for hydroxylation is 1. The van der Waals surface area contributed by atoms with Crippen LogP contribution >= 0.6 is 0 Å². The van der Waals surface area contributed by atoms with Gasteiger partial charge < -0.3 is 10.2 Å². The van der Waals surface area contributed by atoms with E-state index in [2.05, 4.69) is 19.2 Å². The molecule has 0 aliphatic rings. The Bertz CT molecular complexity index is 383. The quantitative estimate of drug-likeness (QED) is 0.752. The van der Waals surface area contributed by atoms with E-state index >= 15 is 0 Å². The third-order valence-electron chi connectivity index (χ3n) is 2.71. The highest BCUT2D eigenvalue weighted by Crippen LogP contribution is 2.21. The summed E-state index contributed by atoms with van der Waals surface area (Å²) in [6.07, 6.45) is 0. The molecule has 0 aromatic heterocycles. The van der Waals surface area contributed by atoms with Crippen LogP contribution in [0.4, 0.5) is 10.5 Å². The van der Waals surface area contributed by atoms with Gasteiger partial charge in [0.1, 0.15) is 0 Å². The molecular weight excluding hydrogens is 188 g/mol. The third-order valence-corrected chi connectivity index (χ3v) is 2.71. The largest absolute Gasteiger partial charge is 0.331 e. The van der Waals surface area contributed by atoms with E-state index in [0.29, 0.717) is 0 Å². The average molecular weight is 206 g/mol. The second kappa shape index (κ2) is 4.34. The standard InChI is InChI=1S/C12H18N2O/c1-8-6-7-11(10(3)9(8)2)13-12(15)14(4)5/h6-7H,1-5H3,(H,13,15). The van der Waals surface area contributed by atoms with Crippen LogP contribution < -0.4 is 5.32 Å². The van der Waals surface area contributed by atoms with Gasteiger partial charge in [0.05, 0.1) is 0 Å². The summed E-state index contributed by atoms with van der Waals surface area (Å²) in [5, 5.41) is 2.86. The van der Waals surface area contributed by atoms with Gasteiger partial charge in [-0.3, -0.25) is 0 Å². The molecule has 82 valence electrons. The lowest BCUT2D eigenvalue weighted by atomic mass is 10.0. The minimum atomic E-state index is -0.0960. The molecule has 0 saturated carbocycles. The number of benzene rings is 1. The highest BCUT2D eigenvalue weighted by atomic mass is 16.2. The number of carbonyl (C=O) groups excluding carboxylic acids is 1. The van der Waals surface area contributed by atoms with Crippen molar-refractivity contribution in [3.63, 3.8) is 0 Å². The fraction of sp³-hybridized carbons (Fsp3) is 0.417. The van der Waals surface area contributed by atoms with E-state index in [9.17, 15) is 4.79 Å². The van der Waals surface area contributed by atoms with Crippen LogP contribution in [0.1, 0.15) is 16.7 Å². The average Bonchev–Trinajstić information content (AvgIpc) is 2.18. The first-order valence-corrected chi connectivity index (χ1v) is 4.98. The van der Waals surface area contributed by atoms with Crippen LogP contribution in [0.15, 0.2) is 12.1 Å². The van der Waals surface area contributed by atoms with Gasteiger partial charge in [0, 0.05) is 19.8 Å². The first kappa shape index (κ1) is 11.6. The van der Waals surface area contributed by atoms with E-state index in [4.69, 9.17) is 0 Å². The molecule has 1 aromatic rings. The van der Waals surface area contributed by atoms with Crippen LogP contribution in [0.5, 0.6) is 0 Å². The summed E-state index contributed by atoms with van der Waals surface area (Å²) in [5.74, 6) is 0. The maximum atomic E-state index is 11.5. The Morgan fingerprint density at radius 1 is 1.13 bits per heavy atom. The number of amides is 2. The van der Waals surface area contributed by atoms with Crippen LogP contribution in [0.3, 0.4) is 0 Å². The fourth-order valence-corrected chi connectivity index (χ4v) is 1.32. The Labute approximate surface area is 91.1 Å². The maximum Gasteiger partial charge on any atom is 0.321 e. The van der Waals surface area contributed by atoms with Gasteiger partial charge in [-0.05, 0) is 43.5 Å². The van der Waals surface area contributed by atoms with E-state index < -0.39 is 0 Å². The number of nitrogens with one attached hydrogen (secondary N) is 1. The molecule has 0 fully saturated rings. The molecule has 0 atom stereocenters. The van der Waals surface area contributed by atoms with Crippen molar-refractivity contribution in [2.24, 2.45) is 0 Å². The SMILES string of the molecule is Cc1ccc(NC(=O)N(C)C)c(C)c1C. The molecule has 0 saturated heterocycles. The molecule has 2 amide bonds. The summed E-state index contributed by atoms with van der Waals surface area (Å²) in [5.41, 5.74) is 4.49. The Morgan fingerprint density at radius 3 is 2.27 bits per heavy atom. The summed E-state index contributed by atoms with van der Waals surface area (Å²) in [6, 6.07) is 3.87. The smallest absolute Gasteiger partial charge is 0.321 e. The number of nitrogens with zero attached hydrogens (tertiary/aromatic N) is 1. The van der Waals surface area contributed by atoms with Gasteiger partial charge in [0.2, 0.25) is 0 Å². The summed E-state index contributed by atoms with van der Waals surface area (Å²) in [6.45, 7) is 6.16. The van der Waals surface area contributed by atoms with Crippen LogP contribution in [0.2, 0.25) is 0 Å². The highest BCUT2D eigenvalue weighted by molar-refractivity contribution is 5.90. The van der Waals surface area contributed by atoms with Gasteiger partial charge in [-0.1, -0.05) is 6.07 Å². The molecule has 0 heterocycles. The minimum absolute atomic E-state index is 0.0960. The van der Waals surface area contributed by atoms with Crippen molar-refractivity contribution in [2.45, 2.75) is 20.8 Å². The molecular formula is C12H18N2O. The maximum absolute atomic E-state index is 11.5. The van der Waals surface area contributed by atoms with Gasteiger partial charge >= 0.3 is 6.03 Å². The molecule has 0 radical (unpaired) electrons. The Hall–Kier alpha value is -1.51. The molecule has 0 aliphatic carbocycles. The molecule has 3 heteroatoms. The summed E-state index contributed by atoms with van der Waals surface area (Å²) in [4.78, 5) is 13.0. The molecule has 0 bridgehead atoms. The van der Waals surface area contributed by atoms with Crippen molar-refractivity contribution >= 4 is 11.7 Å². The van der Waals surface area contributed by atoms with Crippen molar-refractivity contribution in [1.82, 2.24) is 4.90 Å². The Kier molecular flexibility index (Phi) is 3.35. The van der Waals surface area contributed by atoms with Crippen molar-refractivity contribution in [3.8, 4) is 0 Å². The number of urea groups is 1. The predicted octanol–water partition coefficient (Wildman–Crippen LogP) is 2.71. The summed E-state index contributed by atoms with van der Waals surface area (Å²) >= 11 is 0. The van der Waals surface area contributed by atoms with Crippen molar-refractivity contribution in [3.05, 3.63) is 28.8 Å². The molecule has 0 aliphatic heterocycles. The van der Waals surface area contributed by atoms with Gasteiger partial charge in [0.25, 0.3) is 0 Å². The molecule has 1 N–H and O–H groups in total. The first-order valence-electron chi connectivity index (χ1n) is 4.98. The van der Waals surface area contributed by atoms with E-state index in [0.717, 1.165) is 11.3 Å². The zero-order valence-corrected chi connectivity index (χ0v) is 10.0. The lowest BCUT2D eigenvalue weighted by molar-refractivity contribution is 0.230. The number of hydrogen-bond acceptors (Lipinski definition) is 1. The molecule has 1 rings (SSSR count). The van der Waals surface area contributed by atoms with Crippen molar-refractivity contribution in [2.75, 3.05) is 19.4 Å². The number of anilines is 1. The predicted molar refractivity (Wildman–Crippen MR) is 63.4 cm³/mol. The monoisotopic (exact) mass is 206 g/mol.